The van der Waals surface area contributed by atoms with Gasteiger partial charge in [0, 0.05) is 35.1 Å². The zero-order valence-corrected chi connectivity index (χ0v) is 16.0. The monoisotopic (exact) mass is 382 g/mol. The summed E-state index contributed by atoms with van der Waals surface area (Å²) in [4.78, 5) is 15.5. The number of fused-ring (bicyclic) bond motifs is 3. The van der Waals surface area contributed by atoms with Crippen molar-refractivity contribution < 1.29 is 9.53 Å². The van der Waals surface area contributed by atoms with Crippen molar-refractivity contribution in [1.29, 1.82) is 0 Å². The maximum Gasteiger partial charge on any atom is 0.253 e. The van der Waals surface area contributed by atoms with E-state index in [2.05, 4.69) is 21.6 Å². The molecule has 0 radical (unpaired) electrons. The summed E-state index contributed by atoms with van der Waals surface area (Å²) in [5, 5.41) is 6.25. The second-order valence-corrected chi connectivity index (χ2v) is 8.12. The lowest BCUT2D eigenvalue weighted by atomic mass is 9.90. The standard InChI is InChI=1S/C20H22N4O2S/c1-23-14-6-13(7-15(23)11-26-10-14)22-20(25)18-9-24(16-8-21-27-12-16)19-5-3-2-4-17(18)19/h2-5,8-9,12-15H,6-7,10-11H2,1H3,(H,22,25). The zero-order chi connectivity index (χ0) is 18.4. The van der Waals surface area contributed by atoms with E-state index in [4.69, 9.17) is 4.74 Å². The van der Waals surface area contributed by atoms with Crippen molar-refractivity contribution in [3.05, 3.63) is 47.6 Å². The molecule has 1 N–H and O–H groups in total. The molecule has 1 aromatic carbocycles. The molecule has 3 aromatic rings. The number of hydrogen-bond acceptors (Lipinski definition) is 5. The van der Waals surface area contributed by atoms with Crippen LogP contribution in [0.15, 0.2) is 42.0 Å². The molecule has 27 heavy (non-hydrogen) atoms. The highest BCUT2D eigenvalue weighted by Crippen LogP contribution is 2.28. The number of morpholine rings is 1. The Morgan fingerprint density at radius 1 is 1.26 bits per heavy atom. The minimum absolute atomic E-state index is 0.00156. The summed E-state index contributed by atoms with van der Waals surface area (Å²) in [6, 6.07) is 9.00. The minimum atomic E-state index is 0.00156. The number of ether oxygens (including phenoxy) is 1. The van der Waals surface area contributed by atoms with Crippen LogP contribution in [0.25, 0.3) is 16.6 Å². The summed E-state index contributed by atoms with van der Waals surface area (Å²) in [5.41, 5.74) is 2.73. The van der Waals surface area contributed by atoms with E-state index < -0.39 is 0 Å². The average molecular weight is 382 g/mol. The molecular weight excluding hydrogens is 360 g/mol. The molecule has 2 unspecified atom stereocenters. The van der Waals surface area contributed by atoms with Crippen LogP contribution >= 0.6 is 11.5 Å². The molecule has 2 aliphatic heterocycles. The number of likely N-dealkylation sites (N-methyl/N-ethyl adjacent to an activating group) is 1. The number of hydrogen-bond donors (Lipinski definition) is 1. The summed E-state index contributed by atoms with van der Waals surface area (Å²) in [7, 11) is 2.17. The van der Waals surface area contributed by atoms with Gasteiger partial charge in [-0.1, -0.05) is 18.2 Å². The lowest BCUT2D eigenvalue weighted by molar-refractivity contribution is -0.0670. The van der Waals surface area contributed by atoms with Gasteiger partial charge in [0.05, 0.1) is 36.2 Å². The minimum Gasteiger partial charge on any atom is -0.378 e. The Kier molecular flexibility index (Phi) is 4.22. The normalized spacial score (nSPS) is 25.6. The van der Waals surface area contributed by atoms with E-state index in [-0.39, 0.29) is 11.9 Å². The number of carbonyl (C=O) groups excluding carboxylic acids is 1. The van der Waals surface area contributed by atoms with Gasteiger partial charge < -0.3 is 14.6 Å². The van der Waals surface area contributed by atoms with Gasteiger partial charge in [-0.2, -0.15) is 4.37 Å². The van der Waals surface area contributed by atoms with Crippen molar-refractivity contribution >= 4 is 28.3 Å². The van der Waals surface area contributed by atoms with Crippen LogP contribution in [0.4, 0.5) is 0 Å². The van der Waals surface area contributed by atoms with Gasteiger partial charge in [-0.25, -0.2) is 0 Å². The van der Waals surface area contributed by atoms with E-state index in [1.807, 2.05) is 46.6 Å². The number of aromatic nitrogens is 2. The van der Waals surface area contributed by atoms with Gasteiger partial charge in [-0.15, -0.1) is 0 Å². The Hall–Kier alpha value is -2.22. The lowest BCUT2D eigenvalue weighted by Gasteiger charge is -2.46. The third kappa shape index (κ3) is 2.96. The lowest BCUT2D eigenvalue weighted by Crippen LogP contribution is -2.59. The van der Waals surface area contributed by atoms with Gasteiger partial charge in [0.1, 0.15) is 0 Å². The highest BCUT2D eigenvalue weighted by Gasteiger charge is 2.37. The molecule has 2 fully saturated rings. The van der Waals surface area contributed by atoms with E-state index in [1.165, 1.54) is 11.5 Å². The number of nitrogens with zero attached hydrogens (tertiary/aromatic N) is 3. The first kappa shape index (κ1) is 16.9. The van der Waals surface area contributed by atoms with Crippen LogP contribution in [-0.4, -0.2) is 58.1 Å². The number of rotatable bonds is 3. The molecular formula is C20H22N4O2S. The highest BCUT2D eigenvalue weighted by atomic mass is 32.1. The van der Waals surface area contributed by atoms with Crippen molar-refractivity contribution in [2.45, 2.75) is 31.0 Å². The molecule has 7 heteroatoms. The molecule has 2 aromatic heterocycles. The highest BCUT2D eigenvalue weighted by molar-refractivity contribution is 7.03. The molecule has 6 nitrogen and oxygen atoms in total. The third-order valence-electron chi connectivity index (χ3n) is 5.87. The second kappa shape index (κ2) is 6.74. The van der Waals surface area contributed by atoms with E-state index in [1.54, 1.807) is 0 Å². The van der Waals surface area contributed by atoms with Crippen LogP contribution in [0, 0.1) is 0 Å². The molecule has 2 saturated heterocycles. The van der Waals surface area contributed by atoms with E-state index in [0.717, 1.165) is 48.2 Å². The van der Waals surface area contributed by atoms with Crippen molar-refractivity contribution in [3.8, 4) is 5.69 Å². The Bertz CT molecular complexity index is 954. The van der Waals surface area contributed by atoms with Crippen molar-refractivity contribution in [3.63, 3.8) is 0 Å². The smallest absolute Gasteiger partial charge is 0.253 e. The second-order valence-electron chi connectivity index (χ2n) is 7.46. The maximum absolute atomic E-state index is 13.1. The Balaban J connectivity index is 1.43. The number of carbonyl (C=O) groups is 1. The van der Waals surface area contributed by atoms with Crippen LogP contribution < -0.4 is 5.32 Å². The zero-order valence-electron chi connectivity index (χ0n) is 15.2. The van der Waals surface area contributed by atoms with E-state index >= 15 is 0 Å². The quantitative estimate of drug-likeness (QED) is 0.757. The molecule has 5 rings (SSSR count). The first-order valence-corrected chi connectivity index (χ1v) is 10.1. The summed E-state index contributed by atoms with van der Waals surface area (Å²) in [6.45, 7) is 1.51. The van der Waals surface area contributed by atoms with Crippen molar-refractivity contribution in [1.82, 2.24) is 19.2 Å². The molecule has 4 heterocycles. The van der Waals surface area contributed by atoms with Gasteiger partial charge in [-0.05, 0) is 37.5 Å². The SMILES string of the molecule is CN1C2COCC1CC(NC(=O)c1cn(-c3cnsc3)c3ccccc13)C2. The van der Waals surface area contributed by atoms with Gasteiger partial charge >= 0.3 is 0 Å². The summed E-state index contributed by atoms with van der Waals surface area (Å²) in [5.74, 6) is 0.00156. The van der Waals surface area contributed by atoms with Crippen molar-refractivity contribution in [2.24, 2.45) is 0 Å². The molecule has 1 amide bonds. The van der Waals surface area contributed by atoms with Gasteiger partial charge in [0.25, 0.3) is 5.91 Å². The Labute approximate surface area is 161 Å². The van der Waals surface area contributed by atoms with Crippen LogP contribution in [0.2, 0.25) is 0 Å². The van der Waals surface area contributed by atoms with Crippen LogP contribution in [-0.2, 0) is 4.74 Å². The van der Waals surface area contributed by atoms with Gasteiger partial charge in [0.15, 0.2) is 0 Å². The molecule has 2 aliphatic rings. The fraction of sp³-hybridized carbons (Fsp3) is 0.400. The molecule has 140 valence electrons. The fourth-order valence-electron chi connectivity index (χ4n) is 4.37. The van der Waals surface area contributed by atoms with Gasteiger partial charge in [-0.3, -0.25) is 9.69 Å². The number of para-hydroxylation sites is 1. The largest absolute Gasteiger partial charge is 0.378 e. The predicted molar refractivity (Wildman–Crippen MR) is 106 cm³/mol. The maximum atomic E-state index is 13.1. The predicted octanol–water partition coefficient (Wildman–Crippen LogP) is 2.68. The summed E-state index contributed by atoms with van der Waals surface area (Å²) < 4.78 is 11.9. The Morgan fingerprint density at radius 2 is 2.04 bits per heavy atom. The number of benzene rings is 1. The molecule has 0 spiro atoms. The van der Waals surface area contributed by atoms with Crippen molar-refractivity contribution in [2.75, 3.05) is 20.3 Å². The average Bonchev–Trinajstić information content (AvgIpc) is 3.30. The molecule has 2 bridgehead atoms. The van der Waals surface area contributed by atoms with Crippen LogP contribution in [0.1, 0.15) is 23.2 Å². The number of amides is 1. The summed E-state index contributed by atoms with van der Waals surface area (Å²) in [6.07, 6.45) is 5.64. The molecule has 0 aliphatic carbocycles. The van der Waals surface area contributed by atoms with E-state index in [0.29, 0.717) is 12.1 Å². The third-order valence-corrected chi connectivity index (χ3v) is 6.45. The van der Waals surface area contributed by atoms with Crippen LogP contribution in [0.3, 0.4) is 0 Å². The topological polar surface area (TPSA) is 59.4 Å². The first-order chi connectivity index (χ1) is 13.2. The molecule has 2 atom stereocenters. The number of piperidine rings is 1. The van der Waals surface area contributed by atoms with Crippen LogP contribution in [0.5, 0.6) is 0 Å². The van der Waals surface area contributed by atoms with E-state index in [9.17, 15) is 4.79 Å². The Morgan fingerprint density at radius 3 is 2.78 bits per heavy atom. The number of nitrogens with one attached hydrogen (secondary N) is 1. The summed E-state index contributed by atoms with van der Waals surface area (Å²) >= 11 is 1.41. The van der Waals surface area contributed by atoms with Gasteiger partial charge in [0.2, 0.25) is 0 Å². The molecule has 0 saturated carbocycles. The first-order valence-electron chi connectivity index (χ1n) is 9.31. The fourth-order valence-corrected chi connectivity index (χ4v) is 4.88.